The van der Waals surface area contributed by atoms with Gasteiger partial charge in [0.15, 0.2) is 0 Å². The van der Waals surface area contributed by atoms with Crippen LogP contribution in [-0.2, 0) is 9.53 Å². The third-order valence-electron chi connectivity index (χ3n) is 4.67. The van der Waals surface area contributed by atoms with Gasteiger partial charge in [-0.3, -0.25) is 0 Å². The first-order valence-corrected chi connectivity index (χ1v) is 10.7. The van der Waals surface area contributed by atoms with Crippen LogP contribution in [-0.4, -0.2) is 18.7 Å². The Morgan fingerprint density at radius 2 is 1.48 bits per heavy atom. The SMILES string of the molecule is C=C(C)C(=O)OCC(CCCCCCCCCCCC)Oc1ccccc1. The van der Waals surface area contributed by atoms with Gasteiger partial charge >= 0.3 is 5.97 Å². The van der Waals surface area contributed by atoms with Gasteiger partial charge in [-0.1, -0.05) is 89.5 Å². The molecule has 0 radical (unpaired) electrons. The number of ether oxygens (including phenoxy) is 2. The van der Waals surface area contributed by atoms with E-state index in [1.54, 1.807) is 6.92 Å². The van der Waals surface area contributed by atoms with Crippen molar-refractivity contribution in [1.82, 2.24) is 0 Å². The summed E-state index contributed by atoms with van der Waals surface area (Å²) in [7, 11) is 0. The second kappa shape index (κ2) is 15.3. The lowest BCUT2D eigenvalue weighted by atomic mass is 10.0. The largest absolute Gasteiger partial charge is 0.487 e. The molecule has 0 heterocycles. The number of unbranched alkanes of at least 4 members (excludes halogenated alkanes) is 9. The summed E-state index contributed by atoms with van der Waals surface area (Å²) in [5, 5.41) is 0. The maximum atomic E-state index is 11.7. The Kier molecular flexibility index (Phi) is 13.2. The van der Waals surface area contributed by atoms with Crippen molar-refractivity contribution in [3.8, 4) is 5.75 Å². The van der Waals surface area contributed by atoms with Gasteiger partial charge in [0.2, 0.25) is 0 Å². The third kappa shape index (κ3) is 12.3. The molecule has 0 aromatic heterocycles. The summed E-state index contributed by atoms with van der Waals surface area (Å²) in [4.78, 5) is 11.7. The lowest BCUT2D eigenvalue weighted by molar-refractivity contribution is -0.141. The molecule has 1 aromatic carbocycles. The maximum absolute atomic E-state index is 11.7. The molecule has 3 nitrogen and oxygen atoms in total. The molecule has 0 saturated carbocycles. The lowest BCUT2D eigenvalue weighted by Gasteiger charge is -2.19. The number of rotatable bonds is 16. The van der Waals surface area contributed by atoms with Crippen molar-refractivity contribution in [1.29, 1.82) is 0 Å². The highest BCUT2D eigenvalue weighted by Gasteiger charge is 2.14. The minimum absolute atomic E-state index is 0.107. The Morgan fingerprint density at radius 1 is 0.926 bits per heavy atom. The van der Waals surface area contributed by atoms with Crippen molar-refractivity contribution in [2.45, 2.75) is 90.6 Å². The number of hydrogen-bond acceptors (Lipinski definition) is 3. The number of para-hydroxylation sites is 1. The van der Waals surface area contributed by atoms with Crippen LogP contribution in [0.25, 0.3) is 0 Å². The zero-order chi connectivity index (χ0) is 19.7. The summed E-state index contributed by atoms with van der Waals surface area (Å²) in [6.45, 7) is 7.83. The maximum Gasteiger partial charge on any atom is 0.333 e. The fourth-order valence-electron chi connectivity index (χ4n) is 3.02. The van der Waals surface area contributed by atoms with E-state index in [9.17, 15) is 4.79 Å². The van der Waals surface area contributed by atoms with E-state index in [0.717, 1.165) is 18.6 Å². The number of carbonyl (C=O) groups excluding carboxylic acids is 1. The van der Waals surface area contributed by atoms with E-state index in [1.807, 2.05) is 30.3 Å². The van der Waals surface area contributed by atoms with Crippen LogP contribution in [0.1, 0.15) is 84.5 Å². The summed E-state index contributed by atoms with van der Waals surface area (Å²) in [5.41, 5.74) is 0.424. The van der Waals surface area contributed by atoms with E-state index in [4.69, 9.17) is 9.47 Å². The van der Waals surface area contributed by atoms with Gasteiger partial charge in [0.05, 0.1) is 0 Å². The molecular weight excluding hydrogens is 336 g/mol. The van der Waals surface area contributed by atoms with Crippen LogP contribution in [0.5, 0.6) is 5.75 Å². The first-order valence-electron chi connectivity index (χ1n) is 10.7. The number of hydrogen-bond donors (Lipinski definition) is 0. The molecule has 0 N–H and O–H groups in total. The highest BCUT2D eigenvalue weighted by molar-refractivity contribution is 5.86. The lowest BCUT2D eigenvalue weighted by Crippen LogP contribution is -2.25. The molecule has 3 heteroatoms. The smallest absolute Gasteiger partial charge is 0.333 e. The van der Waals surface area contributed by atoms with Crippen molar-refractivity contribution in [2.24, 2.45) is 0 Å². The first-order chi connectivity index (χ1) is 13.1. The highest BCUT2D eigenvalue weighted by Crippen LogP contribution is 2.17. The molecule has 152 valence electrons. The molecule has 0 aliphatic rings. The minimum atomic E-state index is -0.347. The Morgan fingerprint density at radius 3 is 2.04 bits per heavy atom. The topological polar surface area (TPSA) is 35.5 Å². The number of esters is 1. The summed E-state index contributed by atoms with van der Waals surface area (Å²) in [6.07, 6.45) is 13.9. The van der Waals surface area contributed by atoms with E-state index < -0.39 is 0 Å². The van der Waals surface area contributed by atoms with Crippen LogP contribution in [0.15, 0.2) is 42.5 Å². The van der Waals surface area contributed by atoms with Crippen molar-refractivity contribution >= 4 is 5.97 Å². The van der Waals surface area contributed by atoms with Crippen LogP contribution in [0, 0.1) is 0 Å². The quantitative estimate of drug-likeness (QED) is 0.180. The molecule has 0 aliphatic heterocycles. The summed E-state index contributed by atoms with van der Waals surface area (Å²) in [6, 6.07) is 9.74. The Bertz CT molecular complexity index is 510. The summed E-state index contributed by atoms with van der Waals surface area (Å²) < 4.78 is 11.3. The zero-order valence-electron chi connectivity index (χ0n) is 17.4. The van der Waals surface area contributed by atoms with Crippen LogP contribution in [0.4, 0.5) is 0 Å². The summed E-state index contributed by atoms with van der Waals surface area (Å²) >= 11 is 0. The summed E-state index contributed by atoms with van der Waals surface area (Å²) in [5.74, 6) is 0.473. The Balaban J connectivity index is 2.23. The van der Waals surface area contributed by atoms with E-state index >= 15 is 0 Å². The van der Waals surface area contributed by atoms with Gasteiger partial charge in [0.25, 0.3) is 0 Å². The third-order valence-corrected chi connectivity index (χ3v) is 4.67. The molecule has 0 saturated heterocycles. The molecule has 27 heavy (non-hydrogen) atoms. The van der Waals surface area contributed by atoms with Gasteiger partial charge in [-0.2, -0.15) is 0 Å². The average Bonchev–Trinajstić information content (AvgIpc) is 2.67. The normalized spacial score (nSPS) is 11.8. The Labute approximate surface area is 166 Å². The van der Waals surface area contributed by atoms with Crippen LogP contribution < -0.4 is 4.74 Å². The monoisotopic (exact) mass is 374 g/mol. The zero-order valence-corrected chi connectivity index (χ0v) is 17.4. The second-order valence-electron chi connectivity index (χ2n) is 7.40. The van der Waals surface area contributed by atoms with E-state index in [0.29, 0.717) is 5.57 Å². The standard InChI is InChI=1S/C24H38O3/c1-4-5-6-7-8-9-10-11-12-14-19-23(20-26-24(25)21(2)3)27-22-17-15-13-16-18-22/h13,15-18,23H,2,4-12,14,19-20H2,1,3H3. The van der Waals surface area contributed by atoms with Gasteiger partial charge in [-0.25, -0.2) is 4.79 Å². The van der Waals surface area contributed by atoms with E-state index in [2.05, 4.69) is 13.5 Å². The fourth-order valence-corrected chi connectivity index (χ4v) is 3.02. The first kappa shape index (κ1) is 23.3. The van der Waals surface area contributed by atoms with Gasteiger partial charge in [0, 0.05) is 5.57 Å². The van der Waals surface area contributed by atoms with Gasteiger partial charge in [-0.05, 0) is 31.9 Å². The molecule has 0 fully saturated rings. The van der Waals surface area contributed by atoms with E-state index in [-0.39, 0.29) is 18.7 Å². The molecule has 1 rings (SSSR count). The minimum Gasteiger partial charge on any atom is -0.487 e. The van der Waals surface area contributed by atoms with E-state index in [1.165, 1.54) is 57.8 Å². The van der Waals surface area contributed by atoms with Crippen LogP contribution >= 0.6 is 0 Å². The molecule has 1 unspecified atom stereocenters. The van der Waals surface area contributed by atoms with Gasteiger partial charge < -0.3 is 9.47 Å². The molecule has 1 atom stereocenters. The molecule has 0 bridgehead atoms. The number of carbonyl (C=O) groups is 1. The molecule has 0 aliphatic carbocycles. The molecular formula is C24H38O3. The second-order valence-corrected chi connectivity index (χ2v) is 7.40. The fraction of sp³-hybridized carbons (Fsp3) is 0.625. The van der Waals surface area contributed by atoms with Crippen LogP contribution in [0.3, 0.4) is 0 Å². The average molecular weight is 375 g/mol. The van der Waals surface area contributed by atoms with Crippen molar-refractivity contribution in [3.05, 3.63) is 42.5 Å². The number of benzene rings is 1. The Hall–Kier alpha value is -1.77. The van der Waals surface area contributed by atoms with Gasteiger partial charge in [0.1, 0.15) is 18.5 Å². The predicted molar refractivity (Wildman–Crippen MR) is 113 cm³/mol. The van der Waals surface area contributed by atoms with Crippen molar-refractivity contribution < 1.29 is 14.3 Å². The molecule has 0 spiro atoms. The molecule has 0 amide bonds. The van der Waals surface area contributed by atoms with Crippen molar-refractivity contribution in [3.63, 3.8) is 0 Å². The van der Waals surface area contributed by atoms with Crippen LogP contribution in [0.2, 0.25) is 0 Å². The highest BCUT2D eigenvalue weighted by atomic mass is 16.6. The van der Waals surface area contributed by atoms with Gasteiger partial charge in [-0.15, -0.1) is 0 Å². The molecule has 1 aromatic rings. The van der Waals surface area contributed by atoms with Crippen molar-refractivity contribution in [2.75, 3.05) is 6.61 Å². The predicted octanol–water partition coefficient (Wildman–Crippen LogP) is 6.86.